The van der Waals surface area contributed by atoms with Crippen LogP contribution in [0.2, 0.25) is 0 Å². The fraction of sp³-hybridized carbons (Fsp3) is 0.235. The quantitative estimate of drug-likeness (QED) is 0.594. The minimum Gasteiger partial charge on any atom is -0.477 e. The highest BCUT2D eigenvalue weighted by Crippen LogP contribution is 2.47. The van der Waals surface area contributed by atoms with E-state index in [1.807, 2.05) is 0 Å². The van der Waals surface area contributed by atoms with Crippen molar-refractivity contribution in [1.29, 1.82) is 0 Å². The summed E-state index contributed by atoms with van der Waals surface area (Å²) >= 11 is 0. The van der Waals surface area contributed by atoms with Gasteiger partial charge in [-0.05, 0) is 48.6 Å². The predicted octanol–water partition coefficient (Wildman–Crippen LogP) is 4.98. The third kappa shape index (κ3) is 3.61. The molecule has 0 spiro atoms. The number of nitrogens with zero attached hydrogens (tertiary/aromatic N) is 1. The molecule has 2 aromatic carbocycles. The number of hydrogen-bond donors (Lipinski definition) is 1. The van der Waals surface area contributed by atoms with Crippen LogP contribution >= 0.6 is 0 Å². The molecule has 0 radical (unpaired) electrons. The summed E-state index contributed by atoms with van der Waals surface area (Å²) in [5.74, 6) is -1.39. The molecule has 2 aromatic rings. The number of carboxylic acids is 1. The summed E-state index contributed by atoms with van der Waals surface area (Å²) in [5.41, 5.74) is -1.57. The SMILES string of the molecule is O=C(O)c1cc(Oc2ccc(C(F)(F)F)cc2C2CC2)ccc1[N+](=O)[O-]. The van der Waals surface area contributed by atoms with Crippen LogP contribution < -0.4 is 4.74 Å². The molecule has 1 fully saturated rings. The van der Waals surface area contributed by atoms with Gasteiger partial charge in [-0.15, -0.1) is 0 Å². The maximum absolute atomic E-state index is 12.9. The van der Waals surface area contributed by atoms with Gasteiger partial charge in [-0.2, -0.15) is 13.2 Å². The van der Waals surface area contributed by atoms with E-state index in [9.17, 15) is 28.1 Å². The van der Waals surface area contributed by atoms with Crippen LogP contribution in [0.1, 0.15) is 40.2 Å². The first-order valence-corrected chi connectivity index (χ1v) is 7.57. The van der Waals surface area contributed by atoms with Gasteiger partial charge in [-0.3, -0.25) is 10.1 Å². The average molecular weight is 367 g/mol. The summed E-state index contributed by atoms with van der Waals surface area (Å²) in [5, 5.41) is 20.0. The van der Waals surface area contributed by atoms with E-state index >= 15 is 0 Å². The molecule has 0 saturated heterocycles. The van der Waals surface area contributed by atoms with Crippen molar-refractivity contribution >= 4 is 11.7 Å². The van der Waals surface area contributed by atoms with Crippen LogP contribution in [0, 0.1) is 10.1 Å². The fourth-order valence-corrected chi connectivity index (χ4v) is 2.57. The summed E-state index contributed by atoms with van der Waals surface area (Å²) in [6.07, 6.45) is -3.01. The standard InChI is InChI=1S/C17H12F3NO5/c18-17(19,20)10-3-6-15(12(7-10)9-1-2-9)26-11-4-5-14(21(24)25)13(8-11)16(22)23/h3-9H,1-2H2,(H,22,23). The lowest BCUT2D eigenvalue weighted by atomic mass is 10.1. The maximum atomic E-state index is 12.9. The first-order valence-electron chi connectivity index (χ1n) is 7.57. The first kappa shape index (κ1) is 17.7. The molecule has 0 atom stereocenters. The molecular weight excluding hydrogens is 355 g/mol. The number of carboxylic acid groups (broad SMARTS) is 1. The minimum absolute atomic E-state index is 0.00495. The van der Waals surface area contributed by atoms with Gasteiger partial charge < -0.3 is 9.84 Å². The normalized spacial score (nSPS) is 14.1. The molecule has 3 rings (SSSR count). The van der Waals surface area contributed by atoms with Crippen molar-refractivity contribution in [1.82, 2.24) is 0 Å². The van der Waals surface area contributed by atoms with E-state index < -0.39 is 33.9 Å². The molecular formula is C17H12F3NO5. The monoisotopic (exact) mass is 367 g/mol. The molecule has 1 saturated carbocycles. The average Bonchev–Trinajstić information content (AvgIpc) is 3.38. The van der Waals surface area contributed by atoms with Gasteiger partial charge in [0, 0.05) is 12.1 Å². The smallest absolute Gasteiger partial charge is 0.416 e. The highest BCUT2D eigenvalue weighted by molar-refractivity contribution is 5.92. The second-order valence-electron chi connectivity index (χ2n) is 5.87. The Morgan fingerprint density at radius 1 is 1.19 bits per heavy atom. The third-order valence-electron chi connectivity index (χ3n) is 3.98. The van der Waals surface area contributed by atoms with E-state index in [1.165, 1.54) is 12.1 Å². The Labute approximate surface area is 145 Å². The molecule has 0 aliphatic heterocycles. The van der Waals surface area contributed by atoms with Crippen molar-refractivity contribution in [2.45, 2.75) is 24.9 Å². The van der Waals surface area contributed by atoms with Crippen LogP contribution in [-0.2, 0) is 6.18 Å². The van der Waals surface area contributed by atoms with Gasteiger partial charge >= 0.3 is 12.1 Å². The summed E-state index contributed by atoms with van der Waals surface area (Å²) < 4.78 is 44.3. The molecule has 1 aliphatic rings. The van der Waals surface area contributed by atoms with E-state index in [0.717, 1.165) is 37.1 Å². The number of nitro groups is 1. The molecule has 1 N–H and O–H groups in total. The Morgan fingerprint density at radius 2 is 1.88 bits per heavy atom. The highest BCUT2D eigenvalue weighted by atomic mass is 19.4. The van der Waals surface area contributed by atoms with Gasteiger partial charge in [0.2, 0.25) is 0 Å². The number of rotatable bonds is 5. The van der Waals surface area contributed by atoms with Crippen molar-refractivity contribution in [2.24, 2.45) is 0 Å². The van der Waals surface area contributed by atoms with Crippen LogP contribution in [0.25, 0.3) is 0 Å². The van der Waals surface area contributed by atoms with E-state index in [4.69, 9.17) is 9.84 Å². The Hall–Kier alpha value is -3.10. The zero-order valence-electron chi connectivity index (χ0n) is 13.1. The molecule has 6 nitrogen and oxygen atoms in total. The molecule has 0 aromatic heterocycles. The van der Waals surface area contributed by atoms with E-state index in [1.54, 1.807) is 0 Å². The van der Waals surface area contributed by atoms with Gasteiger partial charge in [0.25, 0.3) is 5.69 Å². The lowest BCUT2D eigenvalue weighted by Gasteiger charge is -2.14. The second kappa shape index (κ2) is 6.32. The number of alkyl halides is 3. The molecule has 136 valence electrons. The number of halogens is 3. The molecule has 26 heavy (non-hydrogen) atoms. The molecule has 0 unspecified atom stereocenters. The van der Waals surface area contributed by atoms with E-state index in [0.29, 0.717) is 5.56 Å². The van der Waals surface area contributed by atoms with E-state index in [2.05, 4.69) is 0 Å². The van der Waals surface area contributed by atoms with Gasteiger partial charge in [0.1, 0.15) is 17.1 Å². The molecule has 1 aliphatic carbocycles. The van der Waals surface area contributed by atoms with Gasteiger partial charge in [0.15, 0.2) is 0 Å². The van der Waals surface area contributed by atoms with Crippen LogP contribution in [-0.4, -0.2) is 16.0 Å². The van der Waals surface area contributed by atoms with Crippen LogP contribution in [0.4, 0.5) is 18.9 Å². The summed E-state index contributed by atoms with van der Waals surface area (Å²) in [6, 6.07) is 6.26. The molecule has 0 bridgehead atoms. The Kier molecular flexibility index (Phi) is 4.31. The second-order valence-corrected chi connectivity index (χ2v) is 5.87. The Bertz CT molecular complexity index is 890. The molecule has 0 heterocycles. The summed E-state index contributed by atoms with van der Waals surface area (Å²) in [7, 11) is 0. The van der Waals surface area contributed by atoms with Gasteiger partial charge in [0.05, 0.1) is 10.5 Å². The highest BCUT2D eigenvalue weighted by Gasteiger charge is 2.34. The lowest BCUT2D eigenvalue weighted by molar-refractivity contribution is -0.385. The zero-order valence-corrected chi connectivity index (χ0v) is 13.1. The van der Waals surface area contributed by atoms with Crippen LogP contribution in [0.3, 0.4) is 0 Å². The van der Waals surface area contributed by atoms with Crippen molar-refractivity contribution < 1.29 is 32.7 Å². The topological polar surface area (TPSA) is 89.7 Å². The number of hydrogen-bond acceptors (Lipinski definition) is 4. The number of ether oxygens (including phenoxy) is 1. The first-order chi connectivity index (χ1) is 12.2. The fourth-order valence-electron chi connectivity index (χ4n) is 2.57. The lowest BCUT2D eigenvalue weighted by Crippen LogP contribution is -2.06. The number of carbonyl (C=O) groups is 1. The Balaban J connectivity index is 1.97. The number of benzene rings is 2. The predicted molar refractivity (Wildman–Crippen MR) is 83.5 cm³/mol. The van der Waals surface area contributed by atoms with E-state index in [-0.39, 0.29) is 17.4 Å². The Morgan fingerprint density at radius 3 is 2.42 bits per heavy atom. The van der Waals surface area contributed by atoms with Crippen molar-refractivity contribution in [3.8, 4) is 11.5 Å². The molecule has 0 amide bonds. The van der Waals surface area contributed by atoms with Crippen molar-refractivity contribution in [3.05, 3.63) is 63.2 Å². The van der Waals surface area contributed by atoms with Crippen molar-refractivity contribution in [3.63, 3.8) is 0 Å². The van der Waals surface area contributed by atoms with Gasteiger partial charge in [-0.25, -0.2) is 4.79 Å². The molecule has 9 heteroatoms. The van der Waals surface area contributed by atoms with Crippen LogP contribution in [0.15, 0.2) is 36.4 Å². The maximum Gasteiger partial charge on any atom is 0.416 e. The largest absolute Gasteiger partial charge is 0.477 e. The van der Waals surface area contributed by atoms with Crippen molar-refractivity contribution in [2.75, 3.05) is 0 Å². The van der Waals surface area contributed by atoms with Crippen LogP contribution in [0.5, 0.6) is 11.5 Å². The third-order valence-corrected chi connectivity index (χ3v) is 3.98. The number of nitro benzene ring substituents is 1. The van der Waals surface area contributed by atoms with Gasteiger partial charge in [-0.1, -0.05) is 0 Å². The zero-order chi connectivity index (χ0) is 19.1. The summed E-state index contributed by atoms with van der Waals surface area (Å²) in [6.45, 7) is 0. The number of aromatic carboxylic acids is 1. The minimum atomic E-state index is -4.48. The summed E-state index contributed by atoms with van der Waals surface area (Å²) in [4.78, 5) is 21.2.